The normalized spacial score (nSPS) is 20.9. The van der Waals surface area contributed by atoms with E-state index in [0.717, 1.165) is 12.0 Å². The van der Waals surface area contributed by atoms with Crippen LogP contribution in [0.2, 0.25) is 0 Å². The highest BCUT2D eigenvalue weighted by atomic mass is 16.3. The Hall–Kier alpha value is -2.36. The molecule has 0 saturated carbocycles. The molecule has 0 aliphatic carbocycles. The van der Waals surface area contributed by atoms with E-state index in [9.17, 15) is 9.90 Å². The summed E-state index contributed by atoms with van der Waals surface area (Å²) in [6.07, 6.45) is 9.06. The molecule has 1 amide bonds. The van der Waals surface area contributed by atoms with Crippen LogP contribution in [0.1, 0.15) is 27.2 Å². The summed E-state index contributed by atoms with van der Waals surface area (Å²) in [5.41, 5.74) is 1.74. The van der Waals surface area contributed by atoms with E-state index in [2.05, 4.69) is 16.9 Å². The molecule has 1 heterocycles. The molecule has 0 fully saturated rings. The number of hydrogen-bond acceptors (Lipinski definition) is 3. The van der Waals surface area contributed by atoms with Crippen LogP contribution in [0.3, 0.4) is 0 Å². The second-order valence-electron chi connectivity index (χ2n) is 4.12. The van der Waals surface area contributed by atoms with Gasteiger partial charge in [-0.2, -0.15) is 0 Å². The summed E-state index contributed by atoms with van der Waals surface area (Å²) in [6, 6.07) is 0. The Morgan fingerprint density at radius 1 is 1.50 bits per heavy atom. The van der Waals surface area contributed by atoms with Gasteiger partial charge in [-0.25, -0.2) is 4.99 Å². The quantitative estimate of drug-likeness (QED) is 0.609. The van der Waals surface area contributed by atoms with Crippen LogP contribution in [-0.4, -0.2) is 16.8 Å². The van der Waals surface area contributed by atoms with Crippen molar-refractivity contribution in [2.75, 3.05) is 0 Å². The maximum atomic E-state index is 12.2. The van der Waals surface area contributed by atoms with Crippen molar-refractivity contribution >= 4 is 11.7 Å². The molecular formula is C16H20N2O2. The van der Waals surface area contributed by atoms with Crippen molar-refractivity contribution < 1.29 is 9.90 Å². The van der Waals surface area contributed by atoms with Gasteiger partial charge in [0.15, 0.2) is 0 Å². The number of amidine groups is 1. The van der Waals surface area contributed by atoms with Gasteiger partial charge in [-0.05, 0) is 32.4 Å². The molecule has 1 aliphatic heterocycles. The van der Waals surface area contributed by atoms with Crippen molar-refractivity contribution in [1.29, 1.82) is 0 Å². The lowest BCUT2D eigenvalue weighted by atomic mass is 9.95. The number of nitrogens with zero attached hydrogens (tertiary/aromatic N) is 1. The first-order valence-electron chi connectivity index (χ1n) is 6.53. The number of nitrogens with one attached hydrogen (secondary N) is 1. The third-order valence-corrected chi connectivity index (χ3v) is 2.83. The van der Waals surface area contributed by atoms with Crippen LogP contribution in [-0.2, 0) is 4.79 Å². The van der Waals surface area contributed by atoms with Gasteiger partial charge in [0.05, 0.1) is 5.57 Å². The molecule has 0 saturated heterocycles. The van der Waals surface area contributed by atoms with Gasteiger partial charge >= 0.3 is 0 Å². The smallest absolute Gasteiger partial charge is 0.257 e. The van der Waals surface area contributed by atoms with E-state index in [1.165, 1.54) is 6.20 Å². The third-order valence-electron chi connectivity index (χ3n) is 2.83. The molecule has 1 aliphatic rings. The first-order chi connectivity index (χ1) is 9.58. The lowest BCUT2D eigenvalue weighted by molar-refractivity contribution is -0.116. The Labute approximate surface area is 119 Å². The lowest BCUT2D eigenvalue weighted by Crippen LogP contribution is -2.37. The Morgan fingerprint density at radius 2 is 2.20 bits per heavy atom. The van der Waals surface area contributed by atoms with Gasteiger partial charge in [-0.15, -0.1) is 0 Å². The topological polar surface area (TPSA) is 61.7 Å². The van der Waals surface area contributed by atoms with Crippen molar-refractivity contribution in [3.63, 3.8) is 0 Å². The summed E-state index contributed by atoms with van der Waals surface area (Å²) in [5, 5.41) is 12.7. The predicted octanol–water partition coefficient (Wildman–Crippen LogP) is 3.33. The summed E-state index contributed by atoms with van der Waals surface area (Å²) in [6.45, 7) is 9.06. The monoisotopic (exact) mass is 272 g/mol. The molecule has 4 heteroatoms. The van der Waals surface area contributed by atoms with E-state index >= 15 is 0 Å². The highest BCUT2D eigenvalue weighted by Gasteiger charge is 2.24. The number of aliphatic hydroxyl groups excluding tert-OH is 1. The summed E-state index contributed by atoms with van der Waals surface area (Å²) >= 11 is 0. The Bertz CT molecular complexity index is 561. The molecule has 20 heavy (non-hydrogen) atoms. The number of allylic oxidation sites excluding steroid dienone is 4. The Morgan fingerprint density at radius 3 is 2.70 bits per heavy atom. The van der Waals surface area contributed by atoms with E-state index in [1.807, 2.05) is 26.0 Å². The Kier molecular flexibility index (Phi) is 5.72. The fourth-order valence-corrected chi connectivity index (χ4v) is 1.87. The average Bonchev–Trinajstić information content (AvgIpc) is 2.45. The van der Waals surface area contributed by atoms with Crippen LogP contribution >= 0.6 is 0 Å². The van der Waals surface area contributed by atoms with Gasteiger partial charge < -0.3 is 10.4 Å². The first-order valence-corrected chi connectivity index (χ1v) is 6.53. The van der Waals surface area contributed by atoms with E-state index in [-0.39, 0.29) is 11.7 Å². The molecule has 0 radical (unpaired) electrons. The maximum absolute atomic E-state index is 12.2. The molecule has 0 unspecified atom stereocenters. The number of aliphatic hydroxyl groups is 1. The number of hydrogen-bond donors (Lipinski definition) is 2. The molecule has 0 aromatic rings. The summed E-state index contributed by atoms with van der Waals surface area (Å²) in [5.74, 6) is 0.268. The second kappa shape index (κ2) is 7.28. The van der Waals surface area contributed by atoms with Gasteiger partial charge in [0, 0.05) is 17.3 Å². The number of carbonyl (C=O) groups excluding carboxylic acids is 1. The van der Waals surface area contributed by atoms with Gasteiger partial charge in [0.1, 0.15) is 11.6 Å². The predicted molar refractivity (Wildman–Crippen MR) is 82.4 cm³/mol. The fraction of sp³-hybridized carbons (Fsp3) is 0.250. The van der Waals surface area contributed by atoms with Crippen molar-refractivity contribution in [3.8, 4) is 0 Å². The summed E-state index contributed by atoms with van der Waals surface area (Å²) in [7, 11) is 0. The molecule has 1 rings (SSSR count). The van der Waals surface area contributed by atoms with Crippen LogP contribution < -0.4 is 5.32 Å². The van der Waals surface area contributed by atoms with Gasteiger partial charge in [-0.1, -0.05) is 25.7 Å². The largest absolute Gasteiger partial charge is 0.508 e. The molecule has 2 N–H and O–H groups in total. The van der Waals surface area contributed by atoms with Crippen molar-refractivity contribution in [2.45, 2.75) is 27.2 Å². The van der Waals surface area contributed by atoms with E-state index in [1.54, 1.807) is 19.1 Å². The van der Waals surface area contributed by atoms with Crippen LogP contribution in [0.15, 0.2) is 64.6 Å². The minimum absolute atomic E-state index is 0.0906. The zero-order valence-corrected chi connectivity index (χ0v) is 12.1. The SMILES string of the molecule is C=CN=C1NC(=O)C(C(=C/CC)/C(O)=C\C)=C/C1=C/C. The maximum Gasteiger partial charge on any atom is 0.257 e. The molecular weight excluding hydrogens is 252 g/mol. The first kappa shape index (κ1) is 15.7. The molecule has 0 atom stereocenters. The number of amides is 1. The third kappa shape index (κ3) is 3.35. The lowest BCUT2D eigenvalue weighted by Gasteiger charge is -2.19. The number of aliphatic imine (C=N–C) groups is 1. The summed E-state index contributed by atoms with van der Waals surface area (Å²) in [4.78, 5) is 16.2. The molecule has 0 spiro atoms. The van der Waals surface area contributed by atoms with Gasteiger partial charge in [0.25, 0.3) is 5.91 Å². The fourth-order valence-electron chi connectivity index (χ4n) is 1.87. The van der Waals surface area contributed by atoms with E-state index in [4.69, 9.17) is 0 Å². The molecule has 106 valence electrons. The number of rotatable bonds is 4. The standard InChI is InChI=1S/C16H20N2O2/c1-5-9-12(14(19)7-3)13-10-11(6-2)15(17-8-4)18-16(13)20/h6-10,19H,4-5H2,1-3H3,(H,17,18,20)/b11-6-,12-9-,14-7+. The molecule has 4 nitrogen and oxygen atoms in total. The van der Waals surface area contributed by atoms with Crippen molar-refractivity contribution in [3.05, 3.63) is 59.6 Å². The highest BCUT2D eigenvalue weighted by molar-refractivity contribution is 6.19. The van der Waals surface area contributed by atoms with Crippen LogP contribution in [0.25, 0.3) is 0 Å². The van der Waals surface area contributed by atoms with E-state index < -0.39 is 0 Å². The van der Waals surface area contributed by atoms with Crippen LogP contribution in [0, 0.1) is 0 Å². The van der Waals surface area contributed by atoms with Crippen molar-refractivity contribution in [1.82, 2.24) is 5.32 Å². The molecule has 0 bridgehead atoms. The summed E-state index contributed by atoms with van der Waals surface area (Å²) < 4.78 is 0. The average molecular weight is 272 g/mol. The minimum atomic E-state index is -0.288. The van der Waals surface area contributed by atoms with Crippen molar-refractivity contribution in [2.24, 2.45) is 4.99 Å². The number of carbonyl (C=O) groups is 1. The molecule has 0 aromatic carbocycles. The van der Waals surface area contributed by atoms with Gasteiger partial charge in [0.2, 0.25) is 0 Å². The highest BCUT2D eigenvalue weighted by Crippen LogP contribution is 2.23. The second-order valence-corrected chi connectivity index (χ2v) is 4.12. The minimum Gasteiger partial charge on any atom is -0.508 e. The van der Waals surface area contributed by atoms with Crippen LogP contribution in [0.4, 0.5) is 0 Å². The molecule has 0 aromatic heterocycles. The van der Waals surface area contributed by atoms with Gasteiger partial charge in [-0.3, -0.25) is 4.79 Å². The Balaban J connectivity index is 3.37. The van der Waals surface area contributed by atoms with Crippen LogP contribution in [0.5, 0.6) is 0 Å². The van der Waals surface area contributed by atoms with E-state index in [0.29, 0.717) is 17.0 Å². The zero-order valence-electron chi connectivity index (χ0n) is 12.1. The zero-order chi connectivity index (χ0) is 15.1.